The first-order valence-electron chi connectivity index (χ1n) is 7.99. The Bertz CT molecular complexity index is 702. The Hall–Kier alpha value is -1.60. The van der Waals surface area contributed by atoms with E-state index in [-0.39, 0.29) is 0 Å². The number of benzene rings is 1. The second-order valence-corrected chi connectivity index (χ2v) is 6.57. The van der Waals surface area contributed by atoms with Crippen molar-refractivity contribution in [3.8, 4) is 5.75 Å². The molecule has 7 heteroatoms. The van der Waals surface area contributed by atoms with E-state index in [4.69, 9.17) is 17.0 Å². The third-order valence-electron chi connectivity index (χ3n) is 3.56. The number of aryl methyl sites for hydroxylation is 2. The monoisotopic (exact) mass is 410 g/mol. The number of hydrogen-bond acceptors (Lipinski definition) is 3. The molecule has 0 bridgehead atoms. The second kappa shape index (κ2) is 9.03. The minimum atomic E-state index is 0.594. The molecular weight excluding hydrogens is 388 g/mol. The molecule has 0 fully saturated rings. The van der Waals surface area contributed by atoms with Crippen molar-refractivity contribution in [1.82, 2.24) is 15.1 Å². The van der Waals surface area contributed by atoms with Gasteiger partial charge in [0.1, 0.15) is 5.75 Å². The molecule has 1 aromatic carbocycles. The summed E-state index contributed by atoms with van der Waals surface area (Å²) in [6.45, 7) is 8.28. The maximum atomic E-state index is 5.58. The lowest BCUT2D eigenvalue weighted by molar-refractivity contribution is 0.342. The van der Waals surface area contributed by atoms with Gasteiger partial charge in [0.15, 0.2) is 5.11 Å². The van der Waals surface area contributed by atoms with Crippen molar-refractivity contribution >= 4 is 38.9 Å². The molecule has 130 valence electrons. The van der Waals surface area contributed by atoms with Gasteiger partial charge >= 0.3 is 0 Å². The fourth-order valence-corrected chi connectivity index (χ4v) is 2.84. The summed E-state index contributed by atoms with van der Waals surface area (Å²) in [5.41, 5.74) is 3.04. The smallest absolute Gasteiger partial charge is 0.170 e. The number of halogens is 1. The predicted octanol–water partition coefficient (Wildman–Crippen LogP) is 4.04. The summed E-state index contributed by atoms with van der Waals surface area (Å²) in [4.78, 5) is 0. The molecule has 0 radical (unpaired) electrons. The summed E-state index contributed by atoms with van der Waals surface area (Å²) >= 11 is 8.90. The number of para-hydroxylation sites is 2. The van der Waals surface area contributed by atoms with Gasteiger partial charge in [0, 0.05) is 18.8 Å². The van der Waals surface area contributed by atoms with E-state index in [1.165, 1.54) is 0 Å². The standard InChI is InChI=1S/C17H23BrN4OS/c1-4-23-15-9-6-5-8-14(15)20-17(24)19-10-7-11-22-13(3)16(18)12(2)21-22/h5-6,8-9H,4,7,10-11H2,1-3H3,(H2,19,20,24). The fraction of sp³-hybridized carbons (Fsp3) is 0.412. The Labute approximate surface area is 156 Å². The van der Waals surface area contributed by atoms with Gasteiger partial charge < -0.3 is 15.4 Å². The van der Waals surface area contributed by atoms with Crippen molar-refractivity contribution in [2.75, 3.05) is 18.5 Å². The molecular formula is C17H23BrN4OS. The third kappa shape index (κ3) is 4.95. The summed E-state index contributed by atoms with van der Waals surface area (Å²) in [7, 11) is 0. The number of nitrogens with zero attached hydrogens (tertiary/aromatic N) is 2. The molecule has 0 saturated carbocycles. The van der Waals surface area contributed by atoms with Gasteiger partial charge in [-0.15, -0.1) is 0 Å². The maximum absolute atomic E-state index is 5.58. The van der Waals surface area contributed by atoms with Crippen molar-refractivity contribution in [2.24, 2.45) is 0 Å². The first-order valence-corrected chi connectivity index (χ1v) is 9.19. The lowest BCUT2D eigenvalue weighted by Crippen LogP contribution is -2.30. The number of anilines is 1. The van der Waals surface area contributed by atoms with Crippen LogP contribution in [-0.4, -0.2) is 28.0 Å². The Kier molecular flexibility index (Phi) is 7.05. The predicted molar refractivity (Wildman–Crippen MR) is 106 cm³/mol. The molecule has 24 heavy (non-hydrogen) atoms. The van der Waals surface area contributed by atoms with Gasteiger partial charge in [0.05, 0.1) is 22.5 Å². The molecule has 5 nitrogen and oxygen atoms in total. The van der Waals surface area contributed by atoms with Gasteiger partial charge in [-0.05, 0) is 67.5 Å². The highest BCUT2D eigenvalue weighted by Gasteiger charge is 2.08. The molecule has 0 aliphatic carbocycles. The Balaban J connectivity index is 1.78. The van der Waals surface area contributed by atoms with Crippen molar-refractivity contribution in [3.05, 3.63) is 40.1 Å². The van der Waals surface area contributed by atoms with Crippen LogP contribution in [0.3, 0.4) is 0 Å². The first kappa shape index (κ1) is 18.7. The Morgan fingerprint density at radius 2 is 2.08 bits per heavy atom. The zero-order chi connectivity index (χ0) is 17.5. The molecule has 0 amide bonds. The molecule has 0 aliphatic rings. The van der Waals surface area contributed by atoms with E-state index < -0.39 is 0 Å². The lowest BCUT2D eigenvalue weighted by atomic mass is 10.3. The molecule has 2 rings (SSSR count). The number of hydrogen-bond donors (Lipinski definition) is 2. The van der Waals surface area contributed by atoms with Crippen LogP contribution < -0.4 is 15.4 Å². The highest BCUT2D eigenvalue weighted by Crippen LogP contribution is 2.23. The van der Waals surface area contributed by atoms with Crippen LogP contribution in [0.15, 0.2) is 28.7 Å². The fourth-order valence-electron chi connectivity index (χ4n) is 2.34. The topological polar surface area (TPSA) is 51.1 Å². The van der Waals surface area contributed by atoms with E-state index in [0.717, 1.165) is 46.8 Å². The zero-order valence-electron chi connectivity index (χ0n) is 14.2. The van der Waals surface area contributed by atoms with Crippen molar-refractivity contribution < 1.29 is 4.74 Å². The van der Waals surface area contributed by atoms with Gasteiger partial charge in [-0.1, -0.05) is 12.1 Å². The maximum Gasteiger partial charge on any atom is 0.170 e. The number of ether oxygens (including phenoxy) is 1. The van der Waals surface area contributed by atoms with E-state index in [1.807, 2.05) is 42.8 Å². The number of nitrogens with one attached hydrogen (secondary N) is 2. The van der Waals surface area contributed by atoms with Gasteiger partial charge in [-0.25, -0.2) is 0 Å². The molecule has 0 unspecified atom stereocenters. The molecule has 0 saturated heterocycles. The number of rotatable bonds is 7. The van der Waals surface area contributed by atoms with Gasteiger partial charge in [0.25, 0.3) is 0 Å². The van der Waals surface area contributed by atoms with Crippen LogP contribution in [0.1, 0.15) is 24.7 Å². The molecule has 0 atom stereocenters. The number of aromatic nitrogens is 2. The van der Waals surface area contributed by atoms with Crippen molar-refractivity contribution in [2.45, 2.75) is 33.7 Å². The Morgan fingerprint density at radius 1 is 1.33 bits per heavy atom. The summed E-state index contributed by atoms with van der Waals surface area (Å²) in [6, 6.07) is 7.77. The average molecular weight is 411 g/mol. The van der Waals surface area contributed by atoms with Crippen LogP contribution in [0.4, 0.5) is 5.69 Å². The Morgan fingerprint density at radius 3 is 2.75 bits per heavy atom. The van der Waals surface area contributed by atoms with Crippen molar-refractivity contribution in [1.29, 1.82) is 0 Å². The highest BCUT2D eigenvalue weighted by molar-refractivity contribution is 9.10. The van der Waals surface area contributed by atoms with Crippen LogP contribution in [0, 0.1) is 13.8 Å². The van der Waals surface area contributed by atoms with Crippen LogP contribution in [0.25, 0.3) is 0 Å². The summed E-state index contributed by atoms with van der Waals surface area (Å²) in [5.74, 6) is 0.802. The van der Waals surface area contributed by atoms with Gasteiger partial charge in [-0.3, -0.25) is 4.68 Å². The molecule has 0 aliphatic heterocycles. The van der Waals surface area contributed by atoms with E-state index >= 15 is 0 Å². The van der Waals surface area contributed by atoms with Crippen LogP contribution in [-0.2, 0) is 6.54 Å². The van der Waals surface area contributed by atoms with E-state index in [1.54, 1.807) is 0 Å². The zero-order valence-corrected chi connectivity index (χ0v) is 16.6. The summed E-state index contributed by atoms with van der Waals surface area (Å²) in [5, 5.41) is 11.5. The van der Waals surface area contributed by atoms with Crippen LogP contribution >= 0.6 is 28.1 Å². The van der Waals surface area contributed by atoms with Crippen LogP contribution in [0.5, 0.6) is 5.75 Å². The minimum absolute atomic E-state index is 0.594. The number of thiocarbonyl (C=S) groups is 1. The largest absolute Gasteiger partial charge is 0.492 e. The van der Waals surface area contributed by atoms with E-state index in [0.29, 0.717) is 11.7 Å². The van der Waals surface area contributed by atoms with E-state index in [2.05, 4.69) is 38.6 Å². The minimum Gasteiger partial charge on any atom is -0.492 e. The highest BCUT2D eigenvalue weighted by atomic mass is 79.9. The SMILES string of the molecule is CCOc1ccccc1NC(=S)NCCCn1nc(C)c(Br)c1C. The quantitative estimate of drug-likeness (QED) is 0.532. The molecule has 2 aromatic rings. The van der Waals surface area contributed by atoms with E-state index in [9.17, 15) is 0 Å². The lowest BCUT2D eigenvalue weighted by Gasteiger charge is -2.14. The molecule has 2 N–H and O–H groups in total. The normalized spacial score (nSPS) is 10.5. The van der Waals surface area contributed by atoms with Gasteiger partial charge in [-0.2, -0.15) is 5.10 Å². The summed E-state index contributed by atoms with van der Waals surface area (Å²) < 4.78 is 8.68. The van der Waals surface area contributed by atoms with Crippen LogP contribution in [0.2, 0.25) is 0 Å². The van der Waals surface area contributed by atoms with Gasteiger partial charge in [0.2, 0.25) is 0 Å². The molecule has 1 heterocycles. The summed E-state index contributed by atoms with van der Waals surface area (Å²) in [6.07, 6.45) is 0.934. The second-order valence-electron chi connectivity index (χ2n) is 5.37. The molecule has 0 spiro atoms. The first-order chi connectivity index (χ1) is 11.5. The average Bonchev–Trinajstić information content (AvgIpc) is 2.81. The third-order valence-corrected chi connectivity index (χ3v) is 4.95. The van der Waals surface area contributed by atoms with Crippen molar-refractivity contribution in [3.63, 3.8) is 0 Å². The molecule has 1 aromatic heterocycles.